The van der Waals surface area contributed by atoms with Crippen LogP contribution in [0.3, 0.4) is 0 Å². The van der Waals surface area contributed by atoms with Gasteiger partial charge in [0.2, 0.25) is 17.5 Å². The molecule has 10 atom stereocenters. The summed E-state index contributed by atoms with van der Waals surface area (Å²) in [5.74, 6) is -5.16. The van der Waals surface area contributed by atoms with Crippen molar-refractivity contribution in [3.05, 3.63) is 34.5 Å². The third-order valence-electron chi connectivity index (χ3n) is 7.39. The fourth-order valence-electron chi connectivity index (χ4n) is 4.91. The maximum absolute atomic E-state index is 13.6. The van der Waals surface area contributed by atoms with Crippen molar-refractivity contribution in [2.24, 2.45) is 0 Å². The lowest BCUT2D eigenvalue weighted by Crippen LogP contribution is -2.61. The van der Waals surface area contributed by atoms with Crippen LogP contribution in [-0.4, -0.2) is 124 Å². The van der Waals surface area contributed by atoms with Crippen LogP contribution in [0.1, 0.15) is 6.92 Å². The van der Waals surface area contributed by atoms with Crippen molar-refractivity contribution in [1.82, 2.24) is 0 Å². The Morgan fingerprint density at radius 2 is 1.34 bits per heavy atom. The molecule has 0 radical (unpaired) electrons. The third kappa shape index (κ3) is 5.56. The Morgan fingerprint density at radius 1 is 0.727 bits per heavy atom. The van der Waals surface area contributed by atoms with Crippen LogP contribution in [0.25, 0.3) is 22.3 Å². The van der Waals surface area contributed by atoms with Gasteiger partial charge in [-0.2, -0.15) is 0 Å². The number of hydrogen-bond acceptors (Lipinski definition) is 17. The highest BCUT2D eigenvalue weighted by molar-refractivity contribution is 5.88. The van der Waals surface area contributed by atoms with E-state index in [1.165, 1.54) is 6.92 Å². The summed E-state index contributed by atoms with van der Waals surface area (Å²) in [6.45, 7) is 0.770. The number of aliphatic hydroxyl groups is 6. The number of phenols is 5. The van der Waals surface area contributed by atoms with E-state index < -0.39 is 119 Å². The zero-order valence-electron chi connectivity index (χ0n) is 22.7. The van der Waals surface area contributed by atoms with E-state index in [9.17, 15) is 61.0 Å². The summed E-state index contributed by atoms with van der Waals surface area (Å²) in [5.41, 5.74) is -1.74. The number of rotatable bonds is 6. The molecule has 44 heavy (non-hydrogen) atoms. The van der Waals surface area contributed by atoms with Crippen LogP contribution in [0.15, 0.2) is 33.5 Å². The van der Waals surface area contributed by atoms with Gasteiger partial charge in [-0.15, -0.1) is 0 Å². The third-order valence-corrected chi connectivity index (χ3v) is 7.39. The molecule has 0 unspecified atom stereocenters. The first-order valence-corrected chi connectivity index (χ1v) is 13.1. The van der Waals surface area contributed by atoms with E-state index in [2.05, 4.69) is 0 Å². The lowest BCUT2D eigenvalue weighted by molar-refractivity contribution is -0.318. The quantitative estimate of drug-likeness (QED) is 0.132. The van der Waals surface area contributed by atoms with Crippen LogP contribution in [0.4, 0.5) is 0 Å². The van der Waals surface area contributed by atoms with Crippen molar-refractivity contribution in [2.75, 3.05) is 6.61 Å². The number of phenolic OH excluding ortho intramolecular Hbond substituents is 5. The molecule has 2 aromatic carbocycles. The van der Waals surface area contributed by atoms with E-state index in [0.717, 1.165) is 24.3 Å². The maximum atomic E-state index is 13.6. The molecule has 11 N–H and O–H groups in total. The van der Waals surface area contributed by atoms with Gasteiger partial charge in [0.1, 0.15) is 65.2 Å². The van der Waals surface area contributed by atoms with E-state index in [0.29, 0.717) is 0 Å². The van der Waals surface area contributed by atoms with Gasteiger partial charge >= 0.3 is 0 Å². The Morgan fingerprint density at radius 3 is 2.00 bits per heavy atom. The first kappa shape index (κ1) is 31.5. The summed E-state index contributed by atoms with van der Waals surface area (Å²) >= 11 is 0. The summed E-state index contributed by atoms with van der Waals surface area (Å²) in [6.07, 6.45) is -16.5. The number of benzene rings is 2. The lowest BCUT2D eigenvalue weighted by Gasteiger charge is -2.42. The molecule has 0 spiro atoms. The molecular formula is C27H30O17. The lowest BCUT2D eigenvalue weighted by atomic mass is 9.98. The molecule has 3 heterocycles. The molecular weight excluding hydrogens is 596 g/mol. The predicted molar refractivity (Wildman–Crippen MR) is 142 cm³/mol. The number of hydrogen-bond donors (Lipinski definition) is 11. The van der Waals surface area contributed by atoms with Crippen LogP contribution in [0.5, 0.6) is 34.5 Å². The second-order valence-corrected chi connectivity index (χ2v) is 10.4. The highest BCUT2D eigenvalue weighted by atomic mass is 16.7. The first-order valence-electron chi connectivity index (χ1n) is 13.1. The largest absolute Gasteiger partial charge is 0.508 e. The van der Waals surface area contributed by atoms with Gasteiger partial charge in [-0.3, -0.25) is 4.79 Å². The minimum Gasteiger partial charge on any atom is -0.508 e. The van der Waals surface area contributed by atoms with E-state index in [-0.39, 0.29) is 11.1 Å². The SMILES string of the molecule is C[C@@H]1O[C@@H](OC[C@H]2O[C@@H](Oc3c(-c4cc(O)c(O)c(O)c4)oc4cc(O)cc(O)c4c3=O)[C@H](O)[C@@H](O)[C@H]2O)[C@H](O)[C@H](O)[C@H]1O. The van der Waals surface area contributed by atoms with Gasteiger partial charge in [-0.25, -0.2) is 0 Å². The summed E-state index contributed by atoms with van der Waals surface area (Å²) < 4.78 is 27.7. The molecule has 17 nitrogen and oxygen atoms in total. The fraction of sp³-hybridized carbons (Fsp3) is 0.444. The monoisotopic (exact) mass is 626 g/mol. The molecule has 3 aromatic rings. The van der Waals surface area contributed by atoms with Gasteiger partial charge in [-0.05, 0) is 19.1 Å². The molecule has 2 saturated heterocycles. The van der Waals surface area contributed by atoms with E-state index in [1.807, 2.05) is 0 Å². The van der Waals surface area contributed by atoms with Crippen LogP contribution < -0.4 is 10.2 Å². The average molecular weight is 627 g/mol. The van der Waals surface area contributed by atoms with E-state index in [4.69, 9.17) is 23.4 Å². The van der Waals surface area contributed by atoms with Crippen molar-refractivity contribution in [1.29, 1.82) is 0 Å². The fourth-order valence-corrected chi connectivity index (χ4v) is 4.91. The summed E-state index contributed by atoms with van der Waals surface area (Å²) in [7, 11) is 0. The molecule has 2 aliphatic heterocycles. The van der Waals surface area contributed by atoms with Gasteiger partial charge in [-0.1, -0.05) is 0 Å². The molecule has 2 fully saturated rings. The maximum Gasteiger partial charge on any atom is 0.239 e. The van der Waals surface area contributed by atoms with Gasteiger partial charge in [0.25, 0.3) is 0 Å². The minimum absolute atomic E-state index is 0.265. The summed E-state index contributed by atoms with van der Waals surface area (Å²) in [4.78, 5) is 13.6. The normalized spacial score (nSPS) is 32.5. The molecule has 5 rings (SSSR count). The van der Waals surface area contributed by atoms with Crippen molar-refractivity contribution in [3.63, 3.8) is 0 Å². The highest BCUT2D eigenvalue weighted by Crippen LogP contribution is 2.43. The number of ether oxygens (including phenoxy) is 4. The Kier molecular flexibility index (Phi) is 8.51. The van der Waals surface area contributed by atoms with Crippen molar-refractivity contribution in [3.8, 4) is 45.8 Å². The molecule has 1 aromatic heterocycles. The minimum atomic E-state index is -2.02. The van der Waals surface area contributed by atoms with Crippen LogP contribution >= 0.6 is 0 Å². The Hall–Kier alpha value is -3.91. The molecule has 240 valence electrons. The number of fused-ring (bicyclic) bond motifs is 1. The van der Waals surface area contributed by atoms with Crippen molar-refractivity contribution >= 4 is 11.0 Å². The van der Waals surface area contributed by atoms with Crippen molar-refractivity contribution in [2.45, 2.75) is 68.3 Å². The Labute approximate surface area is 246 Å². The van der Waals surface area contributed by atoms with Gasteiger partial charge < -0.3 is 79.5 Å². The summed E-state index contributed by atoms with van der Waals surface area (Å²) in [5, 5.41) is 111. The van der Waals surface area contributed by atoms with Gasteiger partial charge in [0.15, 0.2) is 29.3 Å². The highest BCUT2D eigenvalue weighted by Gasteiger charge is 2.48. The van der Waals surface area contributed by atoms with Crippen LogP contribution in [0.2, 0.25) is 0 Å². The second kappa shape index (κ2) is 11.9. The smallest absolute Gasteiger partial charge is 0.239 e. The topological polar surface area (TPSA) is 290 Å². The Bertz CT molecular complexity index is 1570. The molecule has 0 aliphatic carbocycles. The standard InChI is InChI=1S/C27H30O17/c1-7-16(32)20(36)22(38)26(41-7)40-6-14-18(34)21(37)23(39)27(43-14)44-25-19(35)15-10(29)4-9(28)5-13(15)42-24(25)8-2-11(30)17(33)12(31)3-8/h2-5,7,14,16,18,20-23,26-34,36-39H,6H2,1H3/t7-,14+,16-,18-,20+,21-,22+,23+,26+,27-/m0/s1. The number of aromatic hydroxyl groups is 5. The van der Waals surface area contributed by atoms with Gasteiger partial charge in [0.05, 0.1) is 12.7 Å². The molecule has 17 heteroatoms. The van der Waals surface area contributed by atoms with Crippen molar-refractivity contribution < 1.29 is 79.5 Å². The second-order valence-electron chi connectivity index (χ2n) is 10.4. The molecule has 2 aliphatic rings. The van der Waals surface area contributed by atoms with Gasteiger partial charge in [0, 0.05) is 17.7 Å². The zero-order valence-corrected chi connectivity index (χ0v) is 22.7. The van der Waals surface area contributed by atoms with Crippen LogP contribution in [-0.2, 0) is 14.2 Å². The molecule has 0 saturated carbocycles. The van der Waals surface area contributed by atoms with Crippen LogP contribution in [0, 0.1) is 0 Å². The molecule has 0 amide bonds. The van der Waals surface area contributed by atoms with E-state index in [1.54, 1.807) is 0 Å². The predicted octanol–water partition coefficient (Wildman–Crippen LogP) is -1.98. The Balaban J connectivity index is 1.50. The average Bonchev–Trinajstić information content (AvgIpc) is 2.97. The first-order chi connectivity index (χ1) is 20.7. The molecule has 0 bridgehead atoms. The van der Waals surface area contributed by atoms with E-state index >= 15 is 0 Å². The number of aliphatic hydroxyl groups excluding tert-OH is 6. The summed E-state index contributed by atoms with van der Waals surface area (Å²) in [6, 6.07) is 3.56. The zero-order chi connectivity index (χ0) is 32.2.